The summed E-state index contributed by atoms with van der Waals surface area (Å²) in [5, 5.41) is 14.4. The third-order valence-corrected chi connectivity index (χ3v) is 4.24. The van der Waals surface area contributed by atoms with Gasteiger partial charge < -0.3 is 5.11 Å². The van der Waals surface area contributed by atoms with E-state index in [-0.39, 0.29) is 12.2 Å². The van der Waals surface area contributed by atoms with Crippen LogP contribution in [0.5, 0.6) is 0 Å². The standard InChI is InChI=1S/C15H24N2O2/c1-3-15(2,19)14(18)11-12-9-10-17(16-12)13-7-5-4-6-8-13/h9-10,13,19H,3-8,11H2,1-2H3. The lowest BCUT2D eigenvalue weighted by Gasteiger charge is -2.22. The number of aromatic nitrogens is 2. The van der Waals surface area contributed by atoms with Crippen molar-refractivity contribution in [2.75, 3.05) is 0 Å². The van der Waals surface area contributed by atoms with E-state index in [1.54, 1.807) is 6.92 Å². The Balaban J connectivity index is 1.99. The van der Waals surface area contributed by atoms with E-state index in [4.69, 9.17) is 0 Å². The molecule has 0 bridgehead atoms. The van der Waals surface area contributed by atoms with Gasteiger partial charge in [0.1, 0.15) is 5.60 Å². The molecule has 1 aromatic heterocycles. The molecule has 1 N–H and O–H groups in total. The van der Waals surface area contributed by atoms with Crippen molar-refractivity contribution in [2.45, 2.75) is 70.4 Å². The van der Waals surface area contributed by atoms with Gasteiger partial charge in [0.15, 0.2) is 5.78 Å². The molecule has 0 spiro atoms. The SMILES string of the molecule is CCC(C)(O)C(=O)Cc1ccn(C2CCCCC2)n1. The topological polar surface area (TPSA) is 55.1 Å². The first kappa shape index (κ1) is 14.3. The van der Waals surface area contributed by atoms with Gasteiger partial charge in [-0.2, -0.15) is 5.10 Å². The van der Waals surface area contributed by atoms with Crippen LogP contribution in [0.3, 0.4) is 0 Å². The monoisotopic (exact) mass is 264 g/mol. The second-order valence-electron chi connectivity index (χ2n) is 5.81. The fourth-order valence-electron chi connectivity index (χ4n) is 2.57. The molecule has 2 rings (SSSR count). The highest BCUT2D eigenvalue weighted by Crippen LogP contribution is 2.27. The molecule has 0 aromatic carbocycles. The smallest absolute Gasteiger partial charge is 0.170 e. The third-order valence-electron chi connectivity index (χ3n) is 4.24. The maximum atomic E-state index is 12.0. The first-order chi connectivity index (χ1) is 9.03. The molecule has 1 atom stereocenters. The summed E-state index contributed by atoms with van der Waals surface area (Å²) < 4.78 is 2.00. The Bertz CT molecular complexity index is 431. The van der Waals surface area contributed by atoms with Crippen LogP contribution in [0.25, 0.3) is 0 Å². The molecular formula is C15H24N2O2. The van der Waals surface area contributed by atoms with E-state index in [0.717, 1.165) is 5.69 Å². The van der Waals surface area contributed by atoms with Crippen LogP contribution in [0.1, 0.15) is 64.1 Å². The third kappa shape index (κ3) is 3.44. The number of Topliss-reactive ketones (excluding diaryl/α,β-unsaturated/α-hetero) is 1. The van der Waals surface area contributed by atoms with Crippen molar-refractivity contribution in [2.24, 2.45) is 0 Å². The summed E-state index contributed by atoms with van der Waals surface area (Å²) in [7, 11) is 0. The minimum atomic E-state index is -1.23. The Morgan fingerprint density at radius 1 is 1.47 bits per heavy atom. The molecule has 1 fully saturated rings. The van der Waals surface area contributed by atoms with Crippen molar-refractivity contribution in [3.05, 3.63) is 18.0 Å². The molecule has 106 valence electrons. The van der Waals surface area contributed by atoms with E-state index in [0.29, 0.717) is 12.5 Å². The van der Waals surface area contributed by atoms with Crippen LogP contribution in [0, 0.1) is 0 Å². The lowest BCUT2D eigenvalue weighted by Crippen LogP contribution is -2.35. The molecule has 4 nitrogen and oxygen atoms in total. The fourth-order valence-corrected chi connectivity index (χ4v) is 2.57. The molecule has 1 unspecified atom stereocenters. The molecule has 1 aliphatic rings. The molecule has 1 heterocycles. The largest absolute Gasteiger partial charge is 0.382 e. The number of aliphatic hydroxyl groups is 1. The zero-order valence-electron chi connectivity index (χ0n) is 11.9. The Kier molecular flexibility index (Phi) is 4.40. The quantitative estimate of drug-likeness (QED) is 0.889. The van der Waals surface area contributed by atoms with Crippen LogP contribution in [0.15, 0.2) is 12.3 Å². The highest BCUT2D eigenvalue weighted by atomic mass is 16.3. The van der Waals surface area contributed by atoms with Crippen molar-refractivity contribution in [1.82, 2.24) is 9.78 Å². The van der Waals surface area contributed by atoms with Crippen molar-refractivity contribution < 1.29 is 9.90 Å². The average molecular weight is 264 g/mol. The summed E-state index contributed by atoms with van der Waals surface area (Å²) in [6.07, 6.45) is 8.85. The van der Waals surface area contributed by atoms with Gasteiger partial charge in [-0.05, 0) is 32.3 Å². The van der Waals surface area contributed by atoms with Crippen LogP contribution in [-0.2, 0) is 11.2 Å². The molecule has 1 aliphatic carbocycles. The lowest BCUT2D eigenvalue weighted by atomic mass is 9.95. The number of nitrogens with zero attached hydrogens (tertiary/aromatic N) is 2. The maximum absolute atomic E-state index is 12.0. The van der Waals surface area contributed by atoms with Gasteiger partial charge in [-0.1, -0.05) is 26.2 Å². The van der Waals surface area contributed by atoms with Crippen molar-refractivity contribution in [3.8, 4) is 0 Å². The summed E-state index contributed by atoms with van der Waals surface area (Å²) in [5.41, 5.74) is -0.460. The first-order valence-corrected chi connectivity index (χ1v) is 7.32. The predicted octanol–water partition coefficient (Wildman–Crippen LogP) is 2.66. The Morgan fingerprint density at radius 2 is 2.16 bits per heavy atom. The first-order valence-electron chi connectivity index (χ1n) is 7.32. The number of hydrogen-bond donors (Lipinski definition) is 1. The van der Waals surface area contributed by atoms with E-state index in [1.165, 1.54) is 32.1 Å². The van der Waals surface area contributed by atoms with Crippen molar-refractivity contribution >= 4 is 5.78 Å². The molecule has 0 amide bonds. The van der Waals surface area contributed by atoms with Gasteiger partial charge in [-0.25, -0.2) is 0 Å². The number of ketones is 1. The number of rotatable bonds is 5. The molecule has 19 heavy (non-hydrogen) atoms. The lowest BCUT2D eigenvalue weighted by molar-refractivity contribution is -0.135. The molecule has 0 saturated heterocycles. The highest BCUT2D eigenvalue weighted by molar-refractivity contribution is 5.88. The highest BCUT2D eigenvalue weighted by Gasteiger charge is 2.28. The summed E-state index contributed by atoms with van der Waals surface area (Å²) in [6, 6.07) is 2.39. The van der Waals surface area contributed by atoms with Gasteiger partial charge in [0.2, 0.25) is 0 Å². The van der Waals surface area contributed by atoms with Gasteiger partial charge >= 0.3 is 0 Å². The van der Waals surface area contributed by atoms with E-state index >= 15 is 0 Å². The van der Waals surface area contributed by atoms with Gasteiger partial charge in [-0.3, -0.25) is 9.48 Å². The Labute approximate surface area is 114 Å². The normalized spacial score (nSPS) is 20.2. The molecule has 1 aromatic rings. The van der Waals surface area contributed by atoms with E-state index in [1.807, 2.05) is 23.9 Å². The number of hydrogen-bond acceptors (Lipinski definition) is 3. The molecule has 4 heteroatoms. The Hall–Kier alpha value is -1.16. The Morgan fingerprint density at radius 3 is 2.79 bits per heavy atom. The van der Waals surface area contributed by atoms with Gasteiger partial charge in [0, 0.05) is 6.20 Å². The molecule has 0 aliphatic heterocycles. The van der Waals surface area contributed by atoms with Crippen LogP contribution in [0.2, 0.25) is 0 Å². The van der Waals surface area contributed by atoms with E-state index in [9.17, 15) is 9.90 Å². The molecule has 1 saturated carbocycles. The second kappa shape index (κ2) is 5.87. The average Bonchev–Trinajstić information content (AvgIpc) is 2.88. The minimum Gasteiger partial charge on any atom is -0.382 e. The zero-order valence-corrected chi connectivity index (χ0v) is 11.9. The van der Waals surface area contributed by atoms with Crippen LogP contribution >= 0.6 is 0 Å². The zero-order chi connectivity index (χ0) is 13.9. The minimum absolute atomic E-state index is 0.149. The van der Waals surface area contributed by atoms with E-state index in [2.05, 4.69) is 5.10 Å². The van der Waals surface area contributed by atoms with Gasteiger partial charge in [0.25, 0.3) is 0 Å². The summed E-state index contributed by atoms with van der Waals surface area (Å²) in [4.78, 5) is 12.0. The number of carbonyl (C=O) groups excluding carboxylic acids is 1. The van der Waals surface area contributed by atoms with Crippen LogP contribution in [0.4, 0.5) is 0 Å². The molecular weight excluding hydrogens is 240 g/mol. The second-order valence-corrected chi connectivity index (χ2v) is 5.81. The molecule has 0 radical (unpaired) electrons. The van der Waals surface area contributed by atoms with Crippen molar-refractivity contribution in [3.63, 3.8) is 0 Å². The maximum Gasteiger partial charge on any atom is 0.170 e. The summed E-state index contributed by atoms with van der Waals surface area (Å²) in [5.74, 6) is -0.149. The fraction of sp³-hybridized carbons (Fsp3) is 0.733. The van der Waals surface area contributed by atoms with Crippen molar-refractivity contribution in [1.29, 1.82) is 0 Å². The summed E-state index contributed by atoms with van der Waals surface area (Å²) in [6.45, 7) is 3.39. The summed E-state index contributed by atoms with van der Waals surface area (Å²) >= 11 is 0. The number of carbonyl (C=O) groups is 1. The van der Waals surface area contributed by atoms with E-state index < -0.39 is 5.60 Å². The van der Waals surface area contributed by atoms with Gasteiger partial charge in [0.05, 0.1) is 18.2 Å². The van der Waals surface area contributed by atoms with Gasteiger partial charge in [-0.15, -0.1) is 0 Å². The van der Waals surface area contributed by atoms with Crippen LogP contribution in [-0.4, -0.2) is 26.3 Å². The predicted molar refractivity (Wildman–Crippen MR) is 74.0 cm³/mol. The van der Waals surface area contributed by atoms with Crippen LogP contribution < -0.4 is 0 Å².